The Kier molecular flexibility index (Phi) is 12.6. The molecule has 1 aliphatic heterocycles. The van der Waals surface area contributed by atoms with E-state index in [9.17, 15) is 28.8 Å². The Morgan fingerprint density at radius 2 is 1.39 bits per heavy atom. The molecule has 0 bridgehead atoms. The number of amides is 5. The van der Waals surface area contributed by atoms with Gasteiger partial charge in [0.2, 0.25) is 5.96 Å². The third-order valence-electron chi connectivity index (χ3n) is 6.09. The molecule has 2 aromatic carbocycles. The first-order chi connectivity index (χ1) is 21.8. The number of rotatable bonds is 11. The third-order valence-corrected chi connectivity index (χ3v) is 6.09. The van der Waals surface area contributed by atoms with Gasteiger partial charge in [0.25, 0.3) is 11.8 Å². The number of hydroxylamine groups is 2. The van der Waals surface area contributed by atoms with E-state index in [2.05, 4.69) is 10.3 Å². The molecule has 1 fully saturated rings. The van der Waals surface area contributed by atoms with Gasteiger partial charge in [-0.3, -0.25) is 14.6 Å². The van der Waals surface area contributed by atoms with Crippen molar-refractivity contribution in [2.75, 3.05) is 6.54 Å². The zero-order valence-electron chi connectivity index (χ0n) is 25.8. The lowest BCUT2D eigenvalue weighted by atomic mass is 10.1. The number of nitrogens with one attached hydrogen (secondary N) is 1. The monoisotopic (exact) mass is 639 g/mol. The van der Waals surface area contributed by atoms with Crippen LogP contribution in [0.25, 0.3) is 0 Å². The standard InChI is InChI=1S/C31H37N5O10/c1-31(2,3)45-28(40)34-23(26(39)46-36-24(37)16-17-25(36)38)15-10-18-33-27(32)35(29(41)43-19-21-11-6-4-7-12-21)30(42)44-20-22-13-8-5-9-14-22/h4-9,11-14,23H,10,15-20H2,1-3H3,(H2,32,33)(H,34,40)/t23-/m1/s1. The number of nitrogens with zero attached hydrogens (tertiary/aromatic N) is 3. The van der Waals surface area contributed by atoms with E-state index in [1.807, 2.05) is 0 Å². The van der Waals surface area contributed by atoms with Crippen molar-refractivity contribution in [2.45, 2.75) is 71.3 Å². The first-order valence-corrected chi connectivity index (χ1v) is 14.4. The highest BCUT2D eigenvalue weighted by Gasteiger charge is 2.36. The van der Waals surface area contributed by atoms with Crippen LogP contribution in [0.1, 0.15) is 57.6 Å². The molecule has 46 heavy (non-hydrogen) atoms. The van der Waals surface area contributed by atoms with Crippen molar-refractivity contribution >= 4 is 42.0 Å². The summed E-state index contributed by atoms with van der Waals surface area (Å²) >= 11 is 0. The smallest absolute Gasteiger partial charge is 0.426 e. The van der Waals surface area contributed by atoms with E-state index < -0.39 is 53.7 Å². The highest BCUT2D eigenvalue weighted by molar-refractivity contribution is 6.07. The van der Waals surface area contributed by atoms with Crippen molar-refractivity contribution in [3.05, 3.63) is 71.8 Å². The molecule has 15 heteroatoms. The fraction of sp³-hybridized carbons (Fsp3) is 0.387. The highest BCUT2D eigenvalue weighted by Crippen LogP contribution is 2.15. The molecule has 3 N–H and O–H groups in total. The van der Waals surface area contributed by atoms with Gasteiger partial charge in [0, 0.05) is 19.4 Å². The maximum absolute atomic E-state index is 13.0. The van der Waals surface area contributed by atoms with Crippen LogP contribution >= 0.6 is 0 Å². The molecule has 1 aliphatic rings. The number of alkyl carbamates (subject to hydrolysis) is 1. The predicted octanol–water partition coefficient (Wildman–Crippen LogP) is 3.56. The average molecular weight is 640 g/mol. The first-order valence-electron chi connectivity index (χ1n) is 14.4. The number of carbonyl (C=O) groups is 6. The lowest BCUT2D eigenvalue weighted by molar-refractivity contribution is -0.199. The summed E-state index contributed by atoms with van der Waals surface area (Å²) in [7, 11) is 0. The summed E-state index contributed by atoms with van der Waals surface area (Å²) in [5.41, 5.74) is 6.48. The van der Waals surface area contributed by atoms with Crippen LogP contribution in [0.5, 0.6) is 0 Å². The molecule has 0 saturated carbocycles. The van der Waals surface area contributed by atoms with E-state index in [-0.39, 0.29) is 45.4 Å². The van der Waals surface area contributed by atoms with Gasteiger partial charge in [-0.1, -0.05) is 60.7 Å². The summed E-state index contributed by atoms with van der Waals surface area (Å²) in [6, 6.07) is 16.2. The van der Waals surface area contributed by atoms with Gasteiger partial charge < -0.3 is 30.1 Å². The summed E-state index contributed by atoms with van der Waals surface area (Å²) in [4.78, 5) is 84.5. The third kappa shape index (κ3) is 11.2. The van der Waals surface area contributed by atoms with Crippen LogP contribution in [0.2, 0.25) is 0 Å². The number of guanidine groups is 1. The number of hydrogen-bond acceptors (Lipinski definition) is 11. The lowest BCUT2D eigenvalue weighted by Crippen LogP contribution is -2.47. The van der Waals surface area contributed by atoms with Gasteiger partial charge in [-0.05, 0) is 44.7 Å². The van der Waals surface area contributed by atoms with Gasteiger partial charge in [-0.25, -0.2) is 19.2 Å². The molecule has 5 amide bonds. The second kappa shape index (κ2) is 16.6. The van der Waals surface area contributed by atoms with Crippen molar-refractivity contribution in [3.8, 4) is 0 Å². The Hall–Kier alpha value is -5.47. The predicted molar refractivity (Wildman–Crippen MR) is 161 cm³/mol. The largest absolute Gasteiger partial charge is 0.444 e. The van der Waals surface area contributed by atoms with Crippen molar-refractivity contribution in [1.82, 2.24) is 15.3 Å². The molecule has 1 atom stereocenters. The number of nitrogens with two attached hydrogens (primary N) is 1. The molecule has 0 aromatic heterocycles. The van der Waals surface area contributed by atoms with Gasteiger partial charge in [0.05, 0.1) is 0 Å². The SMILES string of the molecule is CC(C)(C)OC(=O)N[C@H](CCCN=C(N)N(C(=O)OCc1ccccc1)C(=O)OCc1ccccc1)C(=O)ON1C(=O)CCC1=O. The minimum absolute atomic E-state index is 0.0596. The van der Waals surface area contributed by atoms with Crippen LogP contribution in [-0.2, 0) is 46.6 Å². The van der Waals surface area contributed by atoms with Crippen LogP contribution < -0.4 is 11.1 Å². The molecular weight excluding hydrogens is 602 g/mol. The molecule has 246 valence electrons. The first kappa shape index (κ1) is 35.0. The summed E-state index contributed by atoms with van der Waals surface area (Å²) in [6.45, 7) is 4.43. The molecule has 0 radical (unpaired) electrons. The quantitative estimate of drug-likeness (QED) is 0.120. The molecular formula is C31H37N5O10. The maximum atomic E-state index is 13.0. The van der Waals surface area contributed by atoms with Gasteiger partial charge in [0.15, 0.2) is 0 Å². The molecule has 2 aromatic rings. The second-order valence-corrected chi connectivity index (χ2v) is 11.0. The van der Waals surface area contributed by atoms with Gasteiger partial charge in [0.1, 0.15) is 24.9 Å². The van der Waals surface area contributed by atoms with Gasteiger partial charge in [-0.15, -0.1) is 9.96 Å². The van der Waals surface area contributed by atoms with Crippen molar-refractivity contribution < 1.29 is 47.8 Å². The summed E-state index contributed by atoms with van der Waals surface area (Å²) in [5.74, 6) is -3.00. The number of imide groups is 2. The normalized spacial score (nSPS) is 13.9. The summed E-state index contributed by atoms with van der Waals surface area (Å²) < 4.78 is 15.7. The van der Waals surface area contributed by atoms with Crippen LogP contribution in [0.3, 0.4) is 0 Å². The van der Waals surface area contributed by atoms with Crippen molar-refractivity contribution in [2.24, 2.45) is 10.7 Å². The van der Waals surface area contributed by atoms with Crippen LogP contribution in [-0.4, -0.2) is 70.2 Å². The summed E-state index contributed by atoms with van der Waals surface area (Å²) in [6.07, 6.45) is -3.46. The van der Waals surface area contributed by atoms with Gasteiger partial charge >= 0.3 is 24.2 Å². The molecule has 0 unspecified atom stereocenters. The van der Waals surface area contributed by atoms with Crippen molar-refractivity contribution in [1.29, 1.82) is 0 Å². The van der Waals surface area contributed by atoms with E-state index >= 15 is 0 Å². The molecule has 0 aliphatic carbocycles. The lowest BCUT2D eigenvalue weighted by Gasteiger charge is -2.23. The Morgan fingerprint density at radius 1 is 0.891 bits per heavy atom. The Labute approximate surface area is 265 Å². The molecule has 1 saturated heterocycles. The Morgan fingerprint density at radius 3 is 1.87 bits per heavy atom. The van der Waals surface area contributed by atoms with Crippen LogP contribution in [0, 0.1) is 0 Å². The van der Waals surface area contributed by atoms with E-state index in [0.717, 1.165) is 0 Å². The summed E-state index contributed by atoms with van der Waals surface area (Å²) in [5, 5.41) is 2.73. The number of aliphatic imine (C=N–C) groups is 1. The fourth-order valence-corrected chi connectivity index (χ4v) is 3.90. The number of ether oxygens (including phenoxy) is 3. The highest BCUT2D eigenvalue weighted by atomic mass is 16.7. The molecule has 0 spiro atoms. The van der Waals surface area contributed by atoms with Crippen molar-refractivity contribution in [3.63, 3.8) is 0 Å². The zero-order valence-corrected chi connectivity index (χ0v) is 25.8. The molecule has 3 rings (SSSR count). The molecule has 15 nitrogen and oxygen atoms in total. The topological polar surface area (TPSA) is 196 Å². The number of hydrogen-bond donors (Lipinski definition) is 2. The minimum Gasteiger partial charge on any atom is -0.444 e. The van der Waals surface area contributed by atoms with E-state index in [0.29, 0.717) is 21.1 Å². The maximum Gasteiger partial charge on any atom is 0.426 e. The van der Waals surface area contributed by atoms with E-state index in [1.54, 1.807) is 81.4 Å². The van der Waals surface area contributed by atoms with E-state index in [4.69, 9.17) is 24.8 Å². The van der Waals surface area contributed by atoms with E-state index in [1.165, 1.54) is 0 Å². The zero-order chi connectivity index (χ0) is 33.7. The number of benzene rings is 2. The van der Waals surface area contributed by atoms with Crippen LogP contribution in [0.4, 0.5) is 14.4 Å². The molecule has 1 heterocycles. The second-order valence-electron chi connectivity index (χ2n) is 11.0. The average Bonchev–Trinajstić information content (AvgIpc) is 3.32. The fourth-order valence-electron chi connectivity index (χ4n) is 3.90. The van der Waals surface area contributed by atoms with Crippen LogP contribution in [0.15, 0.2) is 65.7 Å². The Bertz CT molecular complexity index is 1350. The van der Waals surface area contributed by atoms with Gasteiger partial charge in [-0.2, -0.15) is 0 Å². The minimum atomic E-state index is -1.35. The number of carbonyl (C=O) groups excluding carboxylic acids is 6. The Balaban J connectivity index is 1.68.